The highest BCUT2D eigenvalue weighted by atomic mass is 79.9. The molecule has 0 aliphatic carbocycles. The molecule has 2 nitrogen and oxygen atoms in total. The van der Waals surface area contributed by atoms with Gasteiger partial charge in [-0.25, -0.2) is 0 Å². The molecule has 2 unspecified atom stereocenters. The zero-order chi connectivity index (χ0) is 14.7. The molecule has 0 N–H and O–H groups in total. The van der Waals surface area contributed by atoms with E-state index < -0.39 is 33.9 Å². The zero-order valence-electron chi connectivity index (χ0n) is 8.78. The second-order valence-electron chi connectivity index (χ2n) is 3.13. The van der Waals surface area contributed by atoms with E-state index in [9.17, 15) is 31.1 Å². The smallest absolute Gasteiger partial charge is 0.366 e. The summed E-state index contributed by atoms with van der Waals surface area (Å²) in [5, 5.41) is -1.28. The van der Waals surface area contributed by atoms with E-state index in [1.54, 1.807) is 0 Å². The third-order valence-corrected chi connectivity index (χ3v) is 4.20. The Balaban J connectivity index is 5.11. The quantitative estimate of drug-likeness (QED) is 0.509. The fourth-order valence-corrected chi connectivity index (χ4v) is 1.98. The third-order valence-electron chi connectivity index (χ3n) is 1.77. The van der Waals surface area contributed by atoms with Crippen LogP contribution in [0.2, 0.25) is 0 Å². The molecule has 0 radical (unpaired) electrons. The lowest BCUT2D eigenvalue weighted by Crippen LogP contribution is -2.47. The van der Waals surface area contributed by atoms with Crippen molar-refractivity contribution in [3.8, 4) is 0 Å². The van der Waals surface area contributed by atoms with Crippen molar-refractivity contribution in [1.29, 1.82) is 0 Å². The molecule has 0 aliphatic rings. The molecule has 108 valence electrons. The molecule has 0 bridgehead atoms. The van der Waals surface area contributed by atoms with Gasteiger partial charge in [0, 0.05) is 6.61 Å². The highest BCUT2D eigenvalue weighted by Gasteiger charge is 2.62. The number of hydrogen-bond acceptors (Lipinski definition) is 2. The maximum Gasteiger partial charge on any atom is 0.407 e. The van der Waals surface area contributed by atoms with Crippen molar-refractivity contribution < 1.29 is 35.9 Å². The van der Waals surface area contributed by atoms with Gasteiger partial charge in [-0.3, -0.25) is 4.79 Å². The lowest BCUT2D eigenvalue weighted by molar-refractivity contribution is -0.273. The minimum absolute atomic E-state index is 0.0218. The molecule has 0 heterocycles. The first-order valence-corrected chi connectivity index (χ1v) is 6.33. The SMILES string of the molecule is CCOC(Br)C(Br)C(=O)C(C(F)(F)F)C(F)(F)F. The van der Waals surface area contributed by atoms with Crippen LogP contribution < -0.4 is 0 Å². The van der Waals surface area contributed by atoms with Crippen molar-refractivity contribution in [2.24, 2.45) is 5.92 Å². The summed E-state index contributed by atoms with van der Waals surface area (Å²) in [7, 11) is 0. The first kappa shape index (κ1) is 18.2. The maximum atomic E-state index is 12.3. The van der Waals surface area contributed by atoms with Gasteiger partial charge in [0.1, 0.15) is 9.84 Å². The van der Waals surface area contributed by atoms with Gasteiger partial charge in [-0.05, 0) is 6.92 Å². The van der Waals surface area contributed by atoms with Crippen LogP contribution in [0.4, 0.5) is 26.3 Å². The van der Waals surface area contributed by atoms with Crippen LogP contribution in [0.15, 0.2) is 0 Å². The van der Waals surface area contributed by atoms with E-state index in [0.29, 0.717) is 0 Å². The third kappa shape index (κ3) is 5.04. The Morgan fingerprint density at radius 1 is 1.11 bits per heavy atom. The van der Waals surface area contributed by atoms with E-state index in [4.69, 9.17) is 4.74 Å². The fourth-order valence-electron chi connectivity index (χ4n) is 1.04. The van der Waals surface area contributed by atoms with Gasteiger partial charge in [-0.2, -0.15) is 26.3 Å². The van der Waals surface area contributed by atoms with Crippen molar-refractivity contribution in [3.63, 3.8) is 0 Å². The van der Waals surface area contributed by atoms with Gasteiger partial charge >= 0.3 is 12.4 Å². The number of rotatable bonds is 5. The van der Waals surface area contributed by atoms with Crippen molar-refractivity contribution in [2.75, 3.05) is 6.61 Å². The molecule has 0 rings (SSSR count). The molecule has 0 amide bonds. The Bertz CT molecular complexity index is 276. The number of Topliss-reactive ketones (excluding diaryl/α,β-unsaturated/α-hetero) is 1. The Hall–Kier alpha value is 0.170. The predicted molar refractivity (Wildman–Crippen MR) is 57.7 cm³/mol. The minimum atomic E-state index is -5.69. The average molecular weight is 410 g/mol. The summed E-state index contributed by atoms with van der Waals surface area (Å²) in [5.74, 6) is -6.08. The van der Waals surface area contributed by atoms with E-state index in [1.165, 1.54) is 6.92 Å². The summed E-state index contributed by atoms with van der Waals surface area (Å²) in [6.45, 7) is 1.50. The van der Waals surface area contributed by atoms with Crippen LogP contribution in [0, 0.1) is 5.92 Å². The van der Waals surface area contributed by atoms with Crippen LogP contribution in [0.3, 0.4) is 0 Å². The molecule has 10 heteroatoms. The van der Waals surface area contributed by atoms with Crippen molar-refractivity contribution in [1.82, 2.24) is 0 Å². The van der Waals surface area contributed by atoms with E-state index >= 15 is 0 Å². The summed E-state index contributed by atoms with van der Waals surface area (Å²) in [5.41, 5.74) is 0. The molecule has 18 heavy (non-hydrogen) atoms. The maximum absolute atomic E-state index is 12.3. The molecule has 0 aromatic rings. The molecule has 0 aromatic carbocycles. The molecule has 0 aliphatic heterocycles. The molecule has 0 spiro atoms. The van der Waals surface area contributed by atoms with Crippen LogP contribution in [0.5, 0.6) is 0 Å². The van der Waals surface area contributed by atoms with Crippen molar-refractivity contribution >= 4 is 37.6 Å². The molecule has 2 atom stereocenters. The topological polar surface area (TPSA) is 26.3 Å². The van der Waals surface area contributed by atoms with Crippen LogP contribution in [-0.4, -0.2) is 34.6 Å². The predicted octanol–water partition coefficient (Wildman–Crippen LogP) is 3.82. The van der Waals surface area contributed by atoms with Gasteiger partial charge in [-0.15, -0.1) is 0 Å². The normalized spacial score (nSPS) is 16.8. The standard InChI is InChI=1S/C8H8Br2F6O2/c1-2-18-6(10)3(9)4(17)5(7(11,12)13)8(14,15)16/h3,5-6H,2H2,1H3. The van der Waals surface area contributed by atoms with Gasteiger partial charge in [0.2, 0.25) is 5.92 Å². The van der Waals surface area contributed by atoms with Crippen LogP contribution >= 0.6 is 31.9 Å². The number of hydrogen-bond donors (Lipinski definition) is 0. The number of carbonyl (C=O) groups is 1. The summed E-state index contributed by atoms with van der Waals surface area (Å²) in [6, 6.07) is 0. The van der Waals surface area contributed by atoms with Crippen LogP contribution in [0.25, 0.3) is 0 Å². The lowest BCUT2D eigenvalue weighted by Gasteiger charge is -2.25. The number of ether oxygens (including phenoxy) is 1. The van der Waals surface area contributed by atoms with Gasteiger partial charge in [-0.1, -0.05) is 31.9 Å². The van der Waals surface area contributed by atoms with Gasteiger partial charge in [0.15, 0.2) is 5.78 Å². The summed E-state index contributed by atoms with van der Waals surface area (Å²) in [6.07, 6.45) is -11.4. The number of alkyl halides is 8. The second-order valence-corrected chi connectivity index (χ2v) is 5.02. The molecule has 0 saturated carbocycles. The molecular weight excluding hydrogens is 402 g/mol. The van der Waals surface area contributed by atoms with Gasteiger partial charge < -0.3 is 4.74 Å². The molecular formula is C8H8Br2F6O2. The largest absolute Gasteiger partial charge is 0.407 e. The number of halogens is 8. The number of carbonyl (C=O) groups excluding carboxylic acids is 1. The average Bonchev–Trinajstić information content (AvgIpc) is 2.12. The monoisotopic (exact) mass is 408 g/mol. The van der Waals surface area contributed by atoms with Gasteiger partial charge in [0.05, 0.1) is 0 Å². The van der Waals surface area contributed by atoms with E-state index in [1.807, 2.05) is 0 Å². The van der Waals surface area contributed by atoms with E-state index in [2.05, 4.69) is 31.9 Å². The first-order valence-electron chi connectivity index (χ1n) is 4.49. The molecule has 0 saturated heterocycles. The van der Waals surface area contributed by atoms with Gasteiger partial charge in [0.25, 0.3) is 0 Å². The fraction of sp³-hybridized carbons (Fsp3) is 0.875. The summed E-state index contributed by atoms with van der Waals surface area (Å²) in [4.78, 5) is 9.50. The zero-order valence-corrected chi connectivity index (χ0v) is 12.0. The number of ketones is 1. The Kier molecular flexibility index (Phi) is 6.62. The first-order chi connectivity index (χ1) is 7.92. The van der Waals surface area contributed by atoms with Crippen LogP contribution in [0.1, 0.15) is 6.92 Å². The van der Waals surface area contributed by atoms with Crippen molar-refractivity contribution in [2.45, 2.75) is 29.1 Å². The summed E-state index contributed by atoms with van der Waals surface area (Å²) < 4.78 is 78.3. The molecule has 0 aromatic heterocycles. The molecule has 0 fully saturated rings. The highest BCUT2D eigenvalue weighted by Crippen LogP contribution is 2.41. The second kappa shape index (κ2) is 6.56. The Morgan fingerprint density at radius 2 is 1.50 bits per heavy atom. The Morgan fingerprint density at radius 3 is 1.78 bits per heavy atom. The summed E-state index contributed by atoms with van der Waals surface area (Å²) >= 11 is 5.16. The lowest BCUT2D eigenvalue weighted by atomic mass is 10.0. The minimum Gasteiger partial charge on any atom is -0.366 e. The van der Waals surface area contributed by atoms with Crippen molar-refractivity contribution in [3.05, 3.63) is 0 Å². The van der Waals surface area contributed by atoms with E-state index in [0.717, 1.165) is 0 Å². The van der Waals surface area contributed by atoms with E-state index in [-0.39, 0.29) is 6.61 Å². The Labute approximate surface area is 115 Å². The van der Waals surface area contributed by atoms with Crippen LogP contribution in [-0.2, 0) is 9.53 Å². The highest BCUT2D eigenvalue weighted by molar-refractivity contribution is 9.12.